The van der Waals surface area contributed by atoms with Crippen LogP contribution in [0, 0.1) is 12.3 Å². The van der Waals surface area contributed by atoms with Crippen LogP contribution in [-0.4, -0.2) is 27.6 Å². The molecule has 1 aliphatic carbocycles. The van der Waals surface area contributed by atoms with Crippen molar-refractivity contribution < 1.29 is 0 Å². The third kappa shape index (κ3) is 5.42. The van der Waals surface area contributed by atoms with Gasteiger partial charge in [-0.05, 0) is 75.4 Å². The first kappa shape index (κ1) is 23.0. The number of nitrogens with zero attached hydrogens (tertiary/aromatic N) is 3. The standard InChI is InChI=1S/C19H22N4.C9H11N/c1-2-13-23-18-8-4-3-7-15(18)16-9-12-22-17(19(16)23)14-21-11-6-5-10-20;1-2-6-9-8(4-1)5-3-7-10-9/h1,3-4,7-9,12,21H,5-6,10-11,13-14,20H2;3,5,7H,1-2,4,6H2. The summed E-state index contributed by atoms with van der Waals surface area (Å²) in [5, 5.41) is 5.90. The van der Waals surface area contributed by atoms with Crippen molar-refractivity contribution in [3.05, 3.63) is 71.8 Å². The van der Waals surface area contributed by atoms with Crippen molar-refractivity contribution in [1.82, 2.24) is 19.9 Å². The summed E-state index contributed by atoms with van der Waals surface area (Å²) in [6.07, 6.45) is 16.6. The Balaban J connectivity index is 0.000000214. The van der Waals surface area contributed by atoms with Crippen LogP contribution in [0.2, 0.25) is 0 Å². The van der Waals surface area contributed by atoms with Crippen LogP contribution in [0.4, 0.5) is 0 Å². The van der Waals surface area contributed by atoms with Gasteiger partial charge in [0, 0.05) is 35.4 Å². The van der Waals surface area contributed by atoms with Crippen LogP contribution in [0.5, 0.6) is 0 Å². The van der Waals surface area contributed by atoms with Gasteiger partial charge in [0.2, 0.25) is 0 Å². The molecule has 0 bridgehead atoms. The van der Waals surface area contributed by atoms with Crippen molar-refractivity contribution in [3.8, 4) is 12.3 Å². The lowest BCUT2D eigenvalue weighted by molar-refractivity contribution is 0.621. The molecule has 0 aliphatic heterocycles. The van der Waals surface area contributed by atoms with Crippen LogP contribution < -0.4 is 11.1 Å². The van der Waals surface area contributed by atoms with Crippen LogP contribution in [0.25, 0.3) is 21.8 Å². The zero-order valence-corrected chi connectivity index (χ0v) is 19.3. The monoisotopic (exact) mass is 439 g/mol. The summed E-state index contributed by atoms with van der Waals surface area (Å²) >= 11 is 0. The van der Waals surface area contributed by atoms with Gasteiger partial charge in [0.25, 0.3) is 0 Å². The second kappa shape index (κ2) is 11.6. The number of benzene rings is 1. The molecule has 3 aromatic heterocycles. The Morgan fingerprint density at radius 3 is 2.70 bits per heavy atom. The molecule has 1 aromatic carbocycles. The van der Waals surface area contributed by atoms with E-state index >= 15 is 0 Å². The smallest absolute Gasteiger partial charge is 0.0841 e. The molecule has 0 atom stereocenters. The molecule has 170 valence electrons. The topological polar surface area (TPSA) is 68.8 Å². The summed E-state index contributed by atoms with van der Waals surface area (Å²) < 4.78 is 2.19. The van der Waals surface area contributed by atoms with Crippen LogP contribution in [0.3, 0.4) is 0 Å². The number of pyridine rings is 2. The van der Waals surface area contributed by atoms with Gasteiger partial charge in [0.1, 0.15) is 0 Å². The van der Waals surface area contributed by atoms with Crippen molar-refractivity contribution in [3.63, 3.8) is 0 Å². The molecule has 0 saturated heterocycles. The number of unbranched alkanes of at least 4 members (excludes halogenated alkanes) is 1. The van der Waals surface area contributed by atoms with Crippen molar-refractivity contribution in [1.29, 1.82) is 0 Å². The number of nitrogens with one attached hydrogen (secondary N) is 1. The van der Waals surface area contributed by atoms with E-state index < -0.39 is 0 Å². The van der Waals surface area contributed by atoms with Gasteiger partial charge in [-0.15, -0.1) is 6.42 Å². The second-order valence-corrected chi connectivity index (χ2v) is 8.45. The molecule has 0 unspecified atom stereocenters. The highest BCUT2D eigenvalue weighted by Crippen LogP contribution is 2.30. The number of fused-ring (bicyclic) bond motifs is 4. The van der Waals surface area contributed by atoms with Crippen LogP contribution in [0.1, 0.15) is 42.6 Å². The van der Waals surface area contributed by atoms with E-state index in [0.29, 0.717) is 6.54 Å². The number of hydrogen-bond donors (Lipinski definition) is 2. The van der Waals surface area contributed by atoms with Crippen LogP contribution in [0.15, 0.2) is 54.9 Å². The van der Waals surface area contributed by atoms with Gasteiger partial charge in [-0.2, -0.15) is 0 Å². The first-order valence-corrected chi connectivity index (χ1v) is 11.9. The van der Waals surface area contributed by atoms with Crippen molar-refractivity contribution in [2.24, 2.45) is 5.73 Å². The minimum absolute atomic E-state index is 0.551. The van der Waals surface area contributed by atoms with Crippen LogP contribution in [-0.2, 0) is 25.9 Å². The number of hydrogen-bond acceptors (Lipinski definition) is 4. The minimum Gasteiger partial charge on any atom is -0.330 e. The number of aromatic nitrogens is 3. The van der Waals surface area contributed by atoms with E-state index in [-0.39, 0.29) is 0 Å². The van der Waals surface area contributed by atoms with E-state index in [2.05, 4.69) is 56.1 Å². The zero-order chi connectivity index (χ0) is 22.9. The Labute approximate surface area is 196 Å². The number of terminal acetylenes is 1. The predicted octanol–water partition coefficient (Wildman–Crippen LogP) is 4.61. The Kier molecular flexibility index (Phi) is 8.08. The van der Waals surface area contributed by atoms with E-state index in [1.54, 1.807) is 0 Å². The highest BCUT2D eigenvalue weighted by Gasteiger charge is 2.13. The molecule has 0 radical (unpaired) electrons. The molecular weight excluding hydrogens is 406 g/mol. The molecule has 3 N–H and O–H groups in total. The predicted molar refractivity (Wildman–Crippen MR) is 137 cm³/mol. The average Bonchev–Trinajstić information content (AvgIpc) is 3.19. The van der Waals surface area contributed by atoms with E-state index in [9.17, 15) is 0 Å². The third-order valence-electron chi connectivity index (χ3n) is 6.20. The molecule has 4 aromatic rings. The number of para-hydroxylation sites is 1. The summed E-state index contributed by atoms with van der Waals surface area (Å²) in [7, 11) is 0. The lowest BCUT2D eigenvalue weighted by atomic mass is 9.96. The largest absolute Gasteiger partial charge is 0.330 e. The fourth-order valence-electron chi connectivity index (χ4n) is 4.59. The third-order valence-corrected chi connectivity index (χ3v) is 6.20. The second-order valence-electron chi connectivity index (χ2n) is 8.45. The quantitative estimate of drug-likeness (QED) is 0.326. The average molecular weight is 440 g/mol. The van der Waals surface area contributed by atoms with Gasteiger partial charge in [-0.1, -0.05) is 30.2 Å². The Morgan fingerprint density at radius 2 is 1.85 bits per heavy atom. The van der Waals surface area contributed by atoms with Gasteiger partial charge in [-0.25, -0.2) is 0 Å². The van der Waals surface area contributed by atoms with Gasteiger partial charge >= 0.3 is 0 Å². The molecular formula is C28H33N5. The van der Waals surface area contributed by atoms with Crippen LogP contribution >= 0.6 is 0 Å². The molecule has 0 spiro atoms. The van der Waals surface area contributed by atoms with Gasteiger partial charge < -0.3 is 15.6 Å². The number of nitrogens with two attached hydrogens (primary N) is 1. The normalized spacial score (nSPS) is 12.7. The molecule has 5 rings (SSSR count). The Morgan fingerprint density at radius 1 is 0.970 bits per heavy atom. The van der Waals surface area contributed by atoms with Gasteiger partial charge in [0.05, 0.1) is 23.3 Å². The van der Waals surface area contributed by atoms with Gasteiger partial charge in [-0.3, -0.25) is 9.97 Å². The van der Waals surface area contributed by atoms with Crippen molar-refractivity contribution in [2.75, 3.05) is 13.1 Å². The molecule has 5 heteroatoms. The zero-order valence-electron chi connectivity index (χ0n) is 19.3. The summed E-state index contributed by atoms with van der Waals surface area (Å²) in [5.41, 5.74) is 11.7. The summed E-state index contributed by atoms with van der Waals surface area (Å²) in [6, 6.07) is 14.7. The maximum Gasteiger partial charge on any atom is 0.0841 e. The van der Waals surface area contributed by atoms with E-state index in [0.717, 1.165) is 49.2 Å². The SMILES string of the molecule is C#CCn1c2ccccc2c2ccnc(CNCCCCN)c21.c1cnc2c(c1)CCCC2. The first-order valence-electron chi connectivity index (χ1n) is 11.9. The lowest BCUT2D eigenvalue weighted by Crippen LogP contribution is -2.17. The lowest BCUT2D eigenvalue weighted by Gasteiger charge is -2.12. The van der Waals surface area contributed by atoms with Gasteiger partial charge in [0.15, 0.2) is 0 Å². The fourth-order valence-corrected chi connectivity index (χ4v) is 4.59. The molecule has 0 amide bonds. The molecule has 33 heavy (non-hydrogen) atoms. The van der Waals surface area contributed by atoms with Crippen molar-refractivity contribution in [2.45, 2.75) is 51.6 Å². The van der Waals surface area contributed by atoms with E-state index in [1.165, 1.54) is 47.7 Å². The highest BCUT2D eigenvalue weighted by atomic mass is 15.0. The van der Waals surface area contributed by atoms with Crippen molar-refractivity contribution >= 4 is 21.8 Å². The minimum atomic E-state index is 0.551. The maximum atomic E-state index is 5.59. The first-order chi connectivity index (χ1) is 16.3. The molecule has 3 heterocycles. The Bertz CT molecular complexity index is 1210. The maximum absolute atomic E-state index is 5.59. The molecule has 5 nitrogen and oxygen atoms in total. The number of rotatable bonds is 7. The number of aryl methyl sites for hydroxylation is 2. The summed E-state index contributed by atoms with van der Waals surface area (Å²) in [6.45, 7) is 2.98. The summed E-state index contributed by atoms with van der Waals surface area (Å²) in [4.78, 5) is 8.91. The van der Waals surface area contributed by atoms with E-state index in [4.69, 9.17) is 12.2 Å². The Hall–Kier alpha value is -3.20. The molecule has 1 aliphatic rings. The highest BCUT2D eigenvalue weighted by molar-refractivity contribution is 6.08. The molecule has 0 saturated carbocycles. The summed E-state index contributed by atoms with van der Waals surface area (Å²) in [5.74, 6) is 2.77. The van der Waals surface area contributed by atoms with E-state index in [1.807, 2.05) is 24.5 Å². The fraction of sp³-hybridized carbons (Fsp3) is 0.357. The molecule has 0 fully saturated rings.